The van der Waals surface area contributed by atoms with Crippen molar-refractivity contribution in [2.24, 2.45) is 24.3 Å². The van der Waals surface area contributed by atoms with Crippen LogP contribution in [0.15, 0.2) is 6.07 Å². The summed E-state index contributed by atoms with van der Waals surface area (Å²) in [6.07, 6.45) is 6.36. The molecule has 0 radical (unpaired) electrons. The van der Waals surface area contributed by atoms with Gasteiger partial charge in [0, 0.05) is 28.3 Å². The van der Waals surface area contributed by atoms with Crippen molar-refractivity contribution in [1.29, 1.82) is 0 Å². The van der Waals surface area contributed by atoms with Crippen LogP contribution < -0.4 is 0 Å². The third-order valence-electron chi connectivity index (χ3n) is 6.83. The van der Waals surface area contributed by atoms with E-state index in [9.17, 15) is 9.59 Å². The van der Waals surface area contributed by atoms with Gasteiger partial charge in [0.1, 0.15) is 0 Å². The number of aryl methyl sites for hydroxylation is 1. The Balaban J connectivity index is 1.46. The molecule has 1 aromatic heterocycles. The summed E-state index contributed by atoms with van der Waals surface area (Å²) in [5.74, 6) is 1.00. The molecule has 5 rings (SSSR count). The molecule has 136 valence electrons. The molecule has 4 aliphatic rings. The molecular formula is C20H26BrNO3. The van der Waals surface area contributed by atoms with E-state index in [-0.39, 0.29) is 28.1 Å². The number of alkyl halides is 1. The molecule has 0 amide bonds. The lowest BCUT2D eigenvalue weighted by Gasteiger charge is -2.58. The molecule has 4 atom stereocenters. The van der Waals surface area contributed by atoms with Crippen LogP contribution in [-0.2, 0) is 16.6 Å². The van der Waals surface area contributed by atoms with E-state index in [4.69, 9.17) is 4.74 Å². The number of ketones is 1. The van der Waals surface area contributed by atoms with Gasteiger partial charge in [-0.15, -0.1) is 0 Å². The molecule has 1 heterocycles. The number of carbonyl (C=O) groups excluding carboxylic acids is 2. The first-order valence-corrected chi connectivity index (χ1v) is 10.0. The van der Waals surface area contributed by atoms with Gasteiger partial charge in [-0.25, -0.2) is 0 Å². The first kappa shape index (κ1) is 17.3. The van der Waals surface area contributed by atoms with Crippen LogP contribution in [0, 0.1) is 31.1 Å². The normalized spacial score (nSPS) is 35.8. The topological polar surface area (TPSA) is 48.3 Å². The monoisotopic (exact) mass is 407 g/mol. The fraction of sp³-hybridized carbons (Fsp3) is 0.700. The summed E-state index contributed by atoms with van der Waals surface area (Å²) < 4.78 is 7.68. The summed E-state index contributed by atoms with van der Waals surface area (Å²) >= 11 is 3.92. The van der Waals surface area contributed by atoms with Gasteiger partial charge in [-0.1, -0.05) is 15.9 Å². The molecule has 5 heteroatoms. The number of esters is 1. The molecule has 0 aliphatic heterocycles. The summed E-state index contributed by atoms with van der Waals surface area (Å²) in [7, 11) is 1.94. The molecule has 0 aromatic carbocycles. The first-order valence-electron chi connectivity index (χ1n) is 9.24. The highest BCUT2D eigenvalue weighted by molar-refractivity contribution is 9.10. The van der Waals surface area contributed by atoms with Crippen molar-refractivity contribution in [1.82, 2.24) is 4.57 Å². The molecule has 2 unspecified atom stereocenters. The number of nitrogens with zero attached hydrogens (tertiary/aromatic N) is 1. The van der Waals surface area contributed by atoms with Crippen LogP contribution in [0.4, 0.5) is 0 Å². The van der Waals surface area contributed by atoms with E-state index >= 15 is 0 Å². The van der Waals surface area contributed by atoms with Crippen LogP contribution in [0.3, 0.4) is 0 Å². The predicted octanol–water partition coefficient (Wildman–Crippen LogP) is 4.10. The molecule has 25 heavy (non-hydrogen) atoms. The zero-order valence-electron chi connectivity index (χ0n) is 15.2. The highest BCUT2D eigenvalue weighted by Crippen LogP contribution is 2.64. The van der Waals surface area contributed by atoms with Crippen LogP contribution in [-0.4, -0.2) is 27.3 Å². The molecule has 0 saturated heterocycles. The van der Waals surface area contributed by atoms with Gasteiger partial charge >= 0.3 is 5.97 Å². The third kappa shape index (κ3) is 2.79. The van der Waals surface area contributed by atoms with Gasteiger partial charge in [0.05, 0.1) is 5.41 Å². The molecule has 0 spiro atoms. The number of hydrogen-bond acceptors (Lipinski definition) is 3. The summed E-state index contributed by atoms with van der Waals surface area (Å²) in [5, 5.41) is 0. The van der Waals surface area contributed by atoms with Crippen molar-refractivity contribution >= 4 is 27.7 Å². The number of Topliss-reactive ketones (excluding diaryl/α,β-unsaturated/α-hetero) is 1. The molecule has 4 bridgehead atoms. The first-order chi connectivity index (χ1) is 11.7. The Morgan fingerprint density at radius 3 is 2.40 bits per heavy atom. The quantitative estimate of drug-likeness (QED) is 0.428. The molecule has 4 aliphatic carbocycles. The van der Waals surface area contributed by atoms with E-state index in [0.29, 0.717) is 17.4 Å². The molecule has 4 fully saturated rings. The van der Waals surface area contributed by atoms with Gasteiger partial charge in [0.25, 0.3) is 0 Å². The Morgan fingerprint density at radius 1 is 1.24 bits per heavy atom. The second-order valence-corrected chi connectivity index (χ2v) is 10.4. The number of ether oxygens (including phenoxy) is 1. The van der Waals surface area contributed by atoms with E-state index in [1.807, 2.05) is 31.5 Å². The van der Waals surface area contributed by atoms with Gasteiger partial charge < -0.3 is 9.30 Å². The average Bonchev–Trinajstić information content (AvgIpc) is 2.77. The average molecular weight is 408 g/mol. The SMILES string of the molecule is Cc1cc(C(=O)COC(=O)C23C[C@@H]4C[C@@H](CC(Br)(C4)C2)C3)c(C)n1C. The van der Waals surface area contributed by atoms with Crippen molar-refractivity contribution in [3.63, 3.8) is 0 Å². The fourth-order valence-electron chi connectivity index (χ4n) is 5.89. The Morgan fingerprint density at radius 2 is 1.88 bits per heavy atom. The number of carbonyl (C=O) groups is 2. The minimum absolute atomic E-state index is 0.104. The minimum Gasteiger partial charge on any atom is -0.457 e. The van der Waals surface area contributed by atoms with Crippen molar-refractivity contribution in [3.8, 4) is 0 Å². The lowest BCUT2D eigenvalue weighted by Crippen LogP contribution is -2.56. The number of hydrogen-bond donors (Lipinski definition) is 0. The second-order valence-electron chi connectivity index (χ2n) is 8.74. The Kier molecular flexibility index (Phi) is 3.95. The highest BCUT2D eigenvalue weighted by Gasteiger charge is 2.60. The van der Waals surface area contributed by atoms with Crippen LogP contribution in [0.2, 0.25) is 0 Å². The fourth-order valence-corrected chi connectivity index (χ4v) is 7.34. The summed E-state index contributed by atoms with van der Waals surface area (Å²) in [5.41, 5.74) is 2.26. The van der Waals surface area contributed by atoms with Gasteiger partial charge in [-0.3, -0.25) is 9.59 Å². The zero-order valence-corrected chi connectivity index (χ0v) is 16.8. The Bertz CT molecular complexity index is 736. The molecular weight excluding hydrogens is 382 g/mol. The predicted molar refractivity (Wildman–Crippen MR) is 98.9 cm³/mol. The summed E-state index contributed by atoms with van der Waals surface area (Å²) in [6.45, 7) is 3.76. The maximum absolute atomic E-state index is 12.9. The lowest BCUT2D eigenvalue weighted by molar-refractivity contribution is -0.168. The minimum atomic E-state index is -0.366. The number of aromatic nitrogens is 1. The zero-order chi connectivity index (χ0) is 18.0. The Hall–Kier alpha value is -1.10. The Labute approximate surface area is 157 Å². The number of halogens is 1. The summed E-state index contributed by atoms with van der Waals surface area (Å²) in [6, 6.07) is 1.88. The van der Waals surface area contributed by atoms with E-state index in [1.54, 1.807) is 0 Å². The maximum Gasteiger partial charge on any atom is 0.312 e. The molecule has 1 aromatic rings. The van der Waals surface area contributed by atoms with E-state index in [0.717, 1.165) is 30.7 Å². The van der Waals surface area contributed by atoms with Crippen molar-refractivity contribution < 1.29 is 14.3 Å². The molecule has 4 saturated carbocycles. The van der Waals surface area contributed by atoms with E-state index in [1.165, 1.54) is 19.3 Å². The maximum atomic E-state index is 12.9. The van der Waals surface area contributed by atoms with Gasteiger partial charge in [0.15, 0.2) is 6.61 Å². The second kappa shape index (κ2) is 5.70. The highest BCUT2D eigenvalue weighted by atomic mass is 79.9. The third-order valence-corrected chi connectivity index (χ3v) is 7.76. The standard InChI is InChI=1S/C20H26BrNO3/c1-12-4-16(13(2)22(12)3)17(23)10-25-18(24)19-6-14-5-15(7-19)9-20(21,8-14)11-19/h4,14-15H,5-11H2,1-3H3/t14-,15+,19?,20?. The lowest BCUT2D eigenvalue weighted by atomic mass is 9.49. The largest absolute Gasteiger partial charge is 0.457 e. The molecule has 4 nitrogen and oxygen atoms in total. The van der Waals surface area contributed by atoms with E-state index in [2.05, 4.69) is 15.9 Å². The van der Waals surface area contributed by atoms with Crippen molar-refractivity contribution in [2.75, 3.05) is 6.61 Å². The van der Waals surface area contributed by atoms with Crippen LogP contribution in [0.1, 0.15) is 60.3 Å². The van der Waals surface area contributed by atoms with Crippen LogP contribution >= 0.6 is 15.9 Å². The number of rotatable bonds is 4. The van der Waals surface area contributed by atoms with Crippen molar-refractivity contribution in [2.45, 2.75) is 56.7 Å². The van der Waals surface area contributed by atoms with Gasteiger partial charge in [-0.2, -0.15) is 0 Å². The van der Waals surface area contributed by atoms with E-state index < -0.39 is 0 Å². The van der Waals surface area contributed by atoms with Gasteiger partial charge in [-0.05, 0) is 70.3 Å². The smallest absolute Gasteiger partial charge is 0.312 e. The van der Waals surface area contributed by atoms with Gasteiger partial charge in [0.2, 0.25) is 5.78 Å². The summed E-state index contributed by atoms with van der Waals surface area (Å²) in [4.78, 5) is 25.5. The van der Waals surface area contributed by atoms with Crippen molar-refractivity contribution in [3.05, 3.63) is 23.0 Å². The van der Waals surface area contributed by atoms with Crippen LogP contribution in [0.5, 0.6) is 0 Å². The van der Waals surface area contributed by atoms with Crippen LogP contribution in [0.25, 0.3) is 0 Å². The molecule has 0 N–H and O–H groups in total.